The minimum absolute atomic E-state index is 0.105. The van der Waals surface area contributed by atoms with Crippen molar-refractivity contribution in [3.05, 3.63) is 89.5 Å². The molecule has 0 spiro atoms. The number of amides is 1. The van der Waals surface area contributed by atoms with Crippen LogP contribution in [0, 0.1) is 0 Å². The van der Waals surface area contributed by atoms with E-state index < -0.39 is 12.1 Å². The number of carbonyl (C=O) groups is 2. The summed E-state index contributed by atoms with van der Waals surface area (Å²) in [6.45, 7) is 2.45. The summed E-state index contributed by atoms with van der Waals surface area (Å²) in [6, 6.07) is 23.1. The molecule has 190 valence electrons. The fraction of sp³-hybridized carbons (Fsp3) is 0.310. The Labute approximate surface area is 212 Å². The number of hydrogen-bond donors (Lipinski definition) is 0. The molecule has 1 atom stereocenters. The number of rotatable bonds is 12. The van der Waals surface area contributed by atoms with Crippen molar-refractivity contribution in [2.45, 2.75) is 39.0 Å². The Morgan fingerprint density at radius 2 is 1.25 bits per heavy atom. The number of hydrogen-bond acceptors (Lipinski definition) is 6. The van der Waals surface area contributed by atoms with Crippen molar-refractivity contribution < 1.29 is 28.5 Å². The third kappa shape index (κ3) is 7.25. The molecule has 3 rings (SSSR count). The van der Waals surface area contributed by atoms with Gasteiger partial charge in [-0.1, -0.05) is 60.7 Å². The van der Waals surface area contributed by atoms with E-state index in [0.717, 1.165) is 16.7 Å². The molecule has 3 aromatic carbocycles. The maximum atomic E-state index is 13.3. The second-order valence-electron chi connectivity index (χ2n) is 8.33. The van der Waals surface area contributed by atoms with Crippen molar-refractivity contribution in [3.8, 4) is 17.2 Å². The molecule has 7 nitrogen and oxygen atoms in total. The monoisotopic (exact) mass is 491 g/mol. The van der Waals surface area contributed by atoms with Gasteiger partial charge < -0.3 is 23.8 Å². The summed E-state index contributed by atoms with van der Waals surface area (Å²) in [6.07, 6.45) is -0.410. The molecule has 1 unspecified atom stereocenters. The largest absolute Gasteiger partial charge is 0.493 e. The highest BCUT2D eigenvalue weighted by molar-refractivity contribution is 5.83. The van der Waals surface area contributed by atoms with Gasteiger partial charge in [0.15, 0.2) is 17.6 Å². The molecule has 0 aliphatic carbocycles. The normalized spacial score (nSPS) is 11.3. The van der Waals surface area contributed by atoms with Crippen molar-refractivity contribution in [1.82, 2.24) is 4.90 Å². The van der Waals surface area contributed by atoms with Crippen LogP contribution < -0.4 is 14.2 Å². The van der Waals surface area contributed by atoms with Crippen molar-refractivity contribution in [1.29, 1.82) is 0 Å². The molecule has 1 amide bonds. The van der Waals surface area contributed by atoms with Gasteiger partial charge in [-0.25, -0.2) is 0 Å². The Bertz CT molecular complexity index is 1070. The molecule has 3 aromatic rings. The van der Waals surface area contributed by atoms with Gasteiger partial charge in [0, 0.05) is 19.5 Å². The van der Waals surface area contributed by atoms with E-state index in [4.69, 9.17) is 18.9 Å². The highest BCUT2D eigenvalue weighted by atomic mass is 16.5. The second kappa shape index (κ2) is 13.2. The molecular formula is C29H33NO6. The van der Waals surface area contributed by atoms with Crippen molar-refractivity contribution >= 4 is 11.9 Å². The number of nitrogens with zero attached hydrogens (tertiary/aromatic N) is 1. The molecule has 0 heterocycles. The van der Waals surface area contributed by atoms with Gasteiger partial charge in [0.1, 0.15) is 0 Å². The molecule has 0 aliphatic rings. The fourth-order valence-corrected chi connectivity index (χ4v) is 3.91. The highest BCUT2D eigenvalue weighted by Gasteiger charge is 2.24. The van der Waals surface area contributed by atoms with Crippen LogP contribution in [0.25, 0.3) is 0 Å². The molecule has 0 saturated heterocycles. The van der Waals surface area contributed by atoms with Gasteiger partial charge in [-0.15, -0.1) is 0 Å². The molecule has 0 bridgehead atoms. The Morgan fingerprint density at radius 1 is 0.750 bits per heavy atom. The van der Waals surface area contributed by atoms with Gasteiger partial charge >= 0.3 is 5.97 Å². The zero-order valence-electron chi connectivity index (χ0n) is 21.2. The van der Waals surface area contributed by atoms with Crippen LogP contribution in [0.3, 0.4) is 0 Å². The maximum Gasteiger partial charge on any atom is 0.306 e. The summed E-state index contributed by atoms with van der Waals surface area (Å²) in [7, 11) is 4.62. The molecule has 0 fully saturated rings. The van der Waals surface area contributed by atoms with E-state index in [0.29, 0.717) is 36.8 Å². The average molecular weight is 492 g/mol. The number of carbonyl (C=O) groups excluding carboxylic acids is 2. The van der Waals surface area contributed by atoms with Crippen LogP contribution in [-0.2, 0) is 33.8 Å². The van der Waals surface area contributed by atoms with Gasteiger partial charge in [0.05, 0.1) is 21.3 Å². The lowest BCUT2D eigenvalue weighted by Gasteiger charge is -2.26. The van der Waals surface area contributed by atoms with E-state index in [9.17, 15) is 9.59 Å². The lowest BCUT2D eigenvalue weighted by atomic mass is 10.1. The van der Waals surface area contributed by atoms with E-state index >= 15 is 0 Å². The summed E-state index contributed by atoms with van der Waals surface area (Å²) < 4.78 is 21.6. The molecule has 7 heteroatoms. The average Bonchev–Trinajstić information content (AvgIpc) is 2.91. The third-order valence-electron chi connectivity index (χ3n) is 5.74. The predicted octanol–water partition coefficient (Wildman–Crippen LogP) is 4.81. The van der Waals surface area contributed by atoms with Crippen LogP contribution in [0.2, 0.25) is 0 Å². The SMILES string of the molecule is COc1cc(CCC(=O)OC(C)C(=O)N(Cc2ccccc2)Cc2ccccc2)cc(OC)c1OC. The van der Waals surface area contributed by atoms with Gasteiger partial charge in [0.25, 0.3) is 5.91 Å². The predicted molar refractivity (Wildman–Crippen MR) is 137 cm³/mol. The standard InChI is InChI=1S/C29H33NO6/c1-21(36-27(31)16-15-24-17-25(33-2)28(35-4)26(18-24)34-3)29(32)30(19-22-11-7-5-8-12-22)20-23-13-9-6-10-14-23/h5-14,17-18,21H,15-16,19-20H2,1-4H3. The van der Waals surface area contributed by atoms with Crippen LogP contribution in [0.15, 0.2) is 72.8 Å². The smallest absolute Gasteiger partial charge is 0.306 e. The zero-order chi connectivity index (χ0) is 25.9. The number of esters is 1. The van der Waals surface area contributed by atoms with Crippen LogP contribution in [-0.4, -0.2) is 44.2 Å². The minimum Gasteiger partial charge on any atom is -0.493 e. The van der Waals surface area contributed by atoms with Crippen molar-refractivity contribution in [2.24, 2.45) is 0 Å². The van der Waals surface area contributed by atoms with E-state index in [-0.39, 0.29) is 12.3 Å². The highest BCUT2D eigenvalue weighted by Crippen LogP contribution is 2.38. The van der Waals surface area contributed by atoms with Gasteiger partial charge in [-0.05, 0) is 42.2 Å². The molecular weight excluding hydrogens is 458 g/mol. The Morgan fingerprint density at radius 3 is 1.69 bits per heavy atom. The first kappa shape index (κ1) is 26.6. The van der Waals surface area contributed by atoms with Crippen LogP contribution in [0.5, 0.6) is 17.2 Å². The molecule has 0 N–H and O–H groups in total. The van der Waals surface area contributed by atoms with E-state index in [1.807, 2.05) is 60.7 Å². The fourth-order valence-electron chi connectivity index (χ4n) is 3.91. The minimum atomic E-state index is -0.912. The first-order valence-corrected chi connectivity index (χ1v) is 11.8. The number of benzene rings is 3. The Balaban J connectivity index is 1.64. The van der Waals surface area contributed by atoms with Crippen molar-refractivity contribution in [3.63, 3.8) is 0 Å². The topological polar surface area (TPSA) is 74.3 Å². The van der Waals surface area contributed by atoms with Crippen LogP contribution in [0.4, 0.5) is 0 Å². The Hall–Kier alpha value is -4.00. The Kier molecular flexibility index (Phi) is 9.74. The first-order valence-electron chi connectivity index (χ1n) is 11.8. The third-order valence-corrected chi connectivity index (χ3v) is 5.74. The van der Waals surface area contributed by atoms with E-state index in [1.54, 1.807) is 38.2 Å². The van der Waals surface area contributed by atoms with E-state index in [2.05, 4.69) is 0 Å². The lowest BCUT2D eigenvalue weighted by molar-refractivity contribution is -0.159. The van der Waals surface area contributed by atoms with E-state index in [1.165, 1.54) is 7.11 Å². The van der Waals surface area contributed by atoms with Crippen molar-refractivity contribution in [2.75, 3.05) is 21.3 Å². The summed E-state index contributed by atoms with van der Waals surface area (Å²) in [5.41, 5.74) is 2.83. The summed E-state index contributed by atoms with van der Waals surface area (Å²) in [4.78, 5) is 27.6. The molecule has 0 saturated carbocycles. The van der Waals surface area contributed by atoms with Gasteiger partial charge in [-0.2, -0.15) is 0 Å². The lowest BCUT2D eigenvalue weighted by Crippen LogP contribution is -2.39. The molecule has 36 heavy (non-hydrogen) atoms. The summed E-state index contributed by atoms with van der Waals surface area (Å²) in [5, 5.41) is 0. The summed E-state index contributed by atoms with van der Waals surface area (Å²) >= 11 is 0. The van der Waals surface area contributed by atoms with Gasteiger partial charge in [-0.3, -0.25) is 9.59 Å². The van der Waals surface area contributed by atoms with Crippen LogP contribution in [0.1, 0.15) is 30.0 Å². The zero-order valence-corrected chi connectivity index (χ0v) is 21.2. The van der Waals surface area contributed by atoms with Gasteiger partial charge in [0.2, 0.25) is 5.75 Å². The molecule has 0 aromatic heterocycles. The number of aryl methyl sites for hydroxylation is 1. The molecule has 0 radical (unpaired) electrons. The first-order chi connectivity index (χ1) is 17.4. The molecule has 0 aliphatic heterocycles. The number of methoxy groups -OCH3 is 3. The second-order valence-corrected chi connectivity index (χ2v) is 8.33. The summed E-state index contributed by atoms with van der Waals surface area (Å²) in [5.74, 6) is 0.817. The maximum absolute atomic E-state index is 13.3. The quantitative estimate of drug-likeness (QED) is 0.339. The van der Waals surface area contributed by atoms with Crippen LogP contribution >= 0.6 is 0 Å². The number of ether oxygens (including phenoxy) is 4.